The molecule has 2 aliphatic heterocycles. The van der Waals surface area contributed by atoms with Gasteiger partial charge < -0.3 is 10.1 Å². The third kappa shape index (κ3) is 4.98. The molecule has 2 heterocycles. The molecule has 0 amide bonds. The fraction of sp³-hybridized carbons (Fsp3) is 1.00. The van der Waals surface area contributed by atoms with E-state index >= 15 is 0 Å². The number of nitrogens with one attached hydrogen (secondary N) is 1. The first kappa shape index (κ1) is 16.2. The lowest BCUT2D eigenvalue weighted by Gasteiger charge is -2.28. The number of ether oxygens (including phenoxy) is 1. The topological polar surface area (TPSA) is 58.6 Å². The van der Waals surface area contributed by atoms with E-state index in [0.717, 1.165) is 58.2 Å². The highest BCUT2D eigenvalue weighted by molar-refractivity contribution is 7.89. The molecule has 1 N–H and O–H groups in total. The fourth-order valence-corrected chi connectivity index (χ4v) is 4.33. The average molecular weight is 304 g/mol. The summed E-state index contributed by atoms with van der Waals surface area (Å²) in [4.78, 5) is 0. The Balaban J connectivity index is 1.75. The first-order chi connectivity index (χ1) is 9.58. The first-order valence-electron chi connectivity index (χ1n) is 7.84. The number of hydrogen-bond acceptors (Lipinski definition) is 4. The van der Waals surface area contributed by atoms with Crippen LogP contribution in [0.5, 0.6) is 0 Å². The van der Waals surface area contributed by atoms with E-state index in [1.807, 2.05) is 0 Å². The van der Waals surface area contributed by atoms with Gasteiger partial charge in [0.15, 0.2) is 0 Å². The van der Waals surface area contributed by atoms with Crippen LogP contribution in [0.15, 0.2) is 0 Å². The fourth-order valence-electron chi connectivity index (χ4n) is 2.99. The number of likely N-dealkylation sites (N-methyl/N-ethyl adjacent to an activating group) is 1. The number of piperidine rings is 1. The van der Waals surface area contributed by atoms with Crippen LogP contribution in [0.25, 0.3) is 0 Å². The zero-order valence-corrected chi connectivity index (χ0v) is 13.3. The van der Waals surface area contributed by atoms with Crippen LogP contribution in [-0.2, 0) is 14.8 Å². The minimum atomic E-state index is -3.13. The Bertz CT molecular complexity index is 374. The van der Waals surface area contributed by atoms with Crippen LogP contribution >= 0.6 is 0 Å². The molecule has 2 fully saturated rings. The average Bonchev–Trinajstić information content (AvgIpc) is 2.47. The Morgan fingerprint density at radius 2 is 1.95 bits per heavy atom. The highest BCUT2D eigenvalue weighted by atomic mass is 32.2. The maximum absolute atomic E-state index is 12.3. The van der Waals surface area contributed by atoms with Crippen LogP contribution < -0.4 is 5.32 Å². The number of nitrogens with zero attached hydrogens (tertiary/aromatic N) is 1. The van der Waals surface area contributed by atoms with Crippen molar-refractivity contribution in [2.75, 3.05) is 39.0 Å². The SMILES string of the molecule is CN(CC1CCCCO1)S(=O)(=O)CCC1CCNCC1. The Labute approximate surface area is 123 Å². The van der Waals surface area contributed by atoms with E-state index in [2.05, 4.69) is 5.32 Å². The van der Waals surface area contributed by atoms with E-state index < -0.39 is 10.0 Å². The highest BCUT2D eigenvalue weighted by Gasteiger charge is 2.25. The van der Waals surface area contributed by atoms with Crippen molar-refractivity contribution < 1.29 is 13.2 Å². The van der Waals surface area contributed by atoms with Gasteiger partial charge in [0.25, 0.3) is 0 Å². The van der Waals surface area contributed by atoms with Gasteiger partial charge in [0, 0.05) is 20.2 Å². The summed E-state index contributed by atoms with van der Waals surface area (Å²) in [7, 11) is -1.44. The van der Waals surface area contributed by atoms with E-state index in [1.165, 1.54) is 4.31 Å². The Kier molecular flexibility index (Phi) is 6.26. The van der Waals surface area contributed by atoms with Crippen LogP contribution in [0.4, 0.5) is 0 Å². The Morgan fingerprint density at radius 3 is 2.60 bits per heavy atom. The molecule has 1 atom stereocenters. The van der Waals surface area contributed by atoms with Crippen molar-refractivity contribution in [3.05, 3.63) is 0 Å². The summed E-state index contributed by atoms with van der Waals surface area (Å²) >= 11 is 0. The summed E-state index contributed by atoms with van der Waals surface area (Å²) in [6, 6.07) is 0. The lowest BCUT2D eigenvalue weighted by Crippen LogP contribution is -2.39. The molecule has 2 aliphatic rings. The van der Waals surface area contributed by atoms with Gasteiger partial charge in [0.2, 0.25) is 10.0 Å². The molecule has 118 valence electrons. The van der Waals surface area contributed by atoms with E-state index in [0.29, 0.717) is 12.5 Å². The molecule has 6 heteroatoms. The molecule has 0 saturated carbocycles. The van der Waals surface area contributed by atoms with E-state index in [1.54, 1.807) is 7.05 Å². The van der Waals surface area contributed by atoms with Crippen molar-refractivity contribution in [2.24, 2.45) is 5.92 Å². The lowest BCUT2D eigenvalue weighted by molar-refractivity contribution is 0.00857. The summed E-state index contributed by atoms with van der Waals surface area (Å²) < 4.78 is 31.7. The summed E-state index contributed by atoms with van der Waals surface area (Å²) in [5, 5.41) is 3.31. The van der Waals surface area contributed by atoms with Gasteiger partial charge in [-0.2, -0.15) is 0 Å². The molecule has 2 rings (SSSR count). The van der Waals surface area contributed by atoms with Crippen molar-refractivity contribution in [3.8, 4) is 0 Å². The third-order valence-electron chi connectivity index (χ3n) is 4.45. The van der Waals surface area contributed by atoms with Gasteiger partial charge >= 0.3 is 0 Å². The summed E-state index contributed by atoms with van der Waals surface area (Å²) in [6.07, 6.45) is 6.31. The zero-order valence-electron chi connectivity index (χ0n) is 12.5. The molecule has 0 radical (unpaired) electrons. The molecule has 0 aliphatic carbocycles. The van der Waals surface area contributed by atoms with Crippen LogP contribution in [-0.4, -0.2) is 57.9 Å². The van der Waals surface area contributed by atoms with Gasteiger partial charge in [-0.05, 0) is 57.5 Å². The van der Waals surface area contributed by atoms with E-state index in [9.17, 15) is 8.42 Å². The standard InChI is InChI=1S/C14H28N2O3S/c1-16(12-14-4-2-3-10-19-14)20(17,18)11-7-13-5-8-15-9-6-13/h13-15H,2-12H2,1H3. The van der Waals surface area contributed by atoms with Gasteiger partial charge in [-0.1, -0.05) is 0 Å². The predicted octanol–water partition coefficient (Wildman–Crippen LogP) is 1.21. The third-order valence-corrected chi connectivity index (χ3v) is 6.30. The summed E-state index contributed by atoms with van der Waals surface area (Å²) in [6.45, 7) is 3.33. The van der Waals surface area contributed by atoms with Gasteiger partial charge in [0.1, 0.15) is 0 Å². The van der Waals surface area contributed by atoms with E-state index in [-0.39, 0.29) is 11.9 Å². The molecule has 0 aromatic heterocycles. The maximum Gasteiger partial charge on any atom is 0.213 e. The smallest absolute Gasteiger partial charge is 0.213 e. The van der Waals surface area contributed by atoms with Crippen molar-refractivity contribution in [1.82, 2.24) is 9.62 Å². The molecule has 0 aromatic carbocycles. The van der Waals surface area contributed by atoms with Crippen molar-refractivity contribution in [1.29, 1.82) is 0 Å². The minimum Gasteiger partial charge on any atom is -0.377 e. The van der Waals surface area contributed by atoms with Crippen LogP contribution in [0.2, 0.25) is 0 Å². The zero-order chi connectivity index (χ0) is 14.4. The number of hydrogen-bond donors (Lipinski definition) is 1. The molecular weight excluding hydrogens is 276 g/mol. The molecule has 0 spiro atoms. The highest BCUT2D eigenvalue weighted by Crippen LogP contribution is 2.19. The first-order valence-corrected chi connectivity index (χ1v) is 9.45. The second-order valence-corrected chi connectivity index (χ2v) is 8.26. The van der Waals surface area contributed by atoms with E-state index in [4.69, 9.17) is 4.74 Å². The molecule has 0 aromatic rings. The minimum absolute atomic E-state index is 0.0856. The maximum atomic E-state index is 12.3. The molecule has 0 bridgehead atoms. The molecule has 5 nitrogen and oxygen atoms in total. The normalized spacial score (nSPS) is 26.0. The molecule has 2 saturated heterocycles. The van der Waals surface area contributed by atoms with Gasteiger partial charge in [-0.15, -0.1) is 0 Å². The summed E-state index contributed by atoms with van der Waals surface area (Å²) in [5.74, 6) is 0.839. The molecule has 1 unspecified atom stereocenters. The van der Waals surface area contributed by atoms with Crippen LogP contribution in [0.3, 0.4) is 0 Å². The lowest BCUT2D eigenvalue weighted by atomic mass is 9.96. The van der Waals surface area contributed by atoms with Crippen LogP contribution in [0.1, 0.15) is 38.5 Å². The quantitative estimate of drug-likeness (QED) is 0.801. The Hall–Kier alpha value is -0.170. The van der Waals surface area contributed by atoms with Gasteiger partial charge in [-0.25, -0.2) is 12.7 Å². The predicted molar refractivity (Wildman–Crippen MR) is 80.2 cm³/mol. The van der Waals surface area contributed by atoms with Crippen LogP contribution in [0, 0.1) is 5.92 Å². The van der Waals surface area contributed by atoms with Gasteiger partial charge in [-0.3, -0.25) is 0 Å². The van der Waals surface area contributed by atoms with Crippen molar-refractivity contribution >= 4 is 10.0 Å². The van der Waals surface area contributed by atoms with Gasteiger partial charge in [0.05, 0.1) is 11.9 Å². The van der Waals surface area contributed by atoms with Crippen molar-refractivity contribution in [3.63, 3.8) is 0 Å². The second-order valence-electron chi connectivity index (χ2n) is 6.07. The number of sulfonamides is 1. The second kappa shape index (κ2) is 7.73. The molecule has 20 heavy (non-hydrogen) atoms. The number of rotatable bonds is 6. The largest absolute Gasteiger partial charge is 0.377 e. The summed E-state index contributed by atoms with van der Waals surface area (Å²) in [5.41, 5.74) is 0. The molecular formula is C14H28N2O3S. The monoisotopic (exact) mass is 304 g/mol. The Morgan fingerprint density at radius 1 is 1.20 bits per heavy atom. The van der Waals surface area contributed by atoms with Crippen molar-refractivity contribution in [2.45, 2.75) is 44.6 Å².